The Kier molecular flexibility index (Phi) is 2.43. The summed E-state index contributed by atoms with van der Waals surface area (Å²) in [6.45, 7) is 3.01. The summed E-state index contributed by atoms with van der Waals surface area (Å²) in [5.41, 5.74) is 7.61. The molecule has 0 radical (unpaired) electrons. The zero-order valence-corrected chi connectivity index (χ0v) is 11.5. The molecule has 3 heterocycles. The molecule has 3 heteroatoms. The van der Waals surface area contributed by atoms with Crippen LogP contribution in [0.1, 0.15) is 23.1 Å². The van der Waals surface area contributed by atoms with E-state index in [0.29, 0.717) is 6.42 Å². The molecule has 0 saturated carbocycles. The van der Waals surface area contributed by atoms with Gasteiger partial charge in [0.2, 0.25) is 5.91 Å². The van der Waals surface area contributed by atoms with E-state index in [4.69, 9.17) is 0 Å². The van der Waals surface area contributed by atoms with Crippen molar-refractivity contribution in [1.82, 2.24) is 4.98 Å². The van der Waals surface area contributed by atoms with E-state index in [1.165, 1.54) is 33.5 Å². The van der Waals surface area contributed by atoms with Crippen LogP contribution in [-0.4, -0.2) is 17.4 Å². The van der Waals surface area contributed by atoms with Crippen LogP contribution in [0.2, 0.25) is 0 Å². The van der Waals surface area contributed by atoms with E-state index in [0.717, 1.165) is 19.4 Å². The van der Waals surface area contributed by atoms with Crippen molar-refractivity contribution in [3.8, 4) is 11.1 Å². The lowest BCUT2D eigenvalue weighted by Gasteiger charge is -2.26. The van der Waals surface area contributed by atoms with Crippen LogP contribution < -0.4 is 4.90 Å². The monoisotopic (exact) mass is 264 g/mol. The molecule has 0 N–H and O–H groups in total. The van der Waals surface area contributed by atoms with Gasteiger partial charge in [-0.05, 0) is 54.2 Å². The van der Waals surface area contributed by atoms with E-state index < -0.39 is 0 Å². The first-order valence-electron chi connectivity index (χ1n) is 7.12. The second kappa shape index (κ2) is 4.17. The maximum atomic E-state index is 12.0. The number of carbonyl (C=O) groups is 1. The number of anilines is 1. The average Bonchev–Trinajstić information content (AvgIpc) is 2.93. The number of rotatable bonds is 1. The number of aromatic nitrogens is 1. The van der Waals surface area contributed by atoms with Gasteiger partial charge in [0.25, 0.3) is 0 Å². The zero-order chi connectivity index (χ0) is 13.7. The molecule has 20 heavy (non-hydrogen) atoms. The van der Waals surface area contributed by atoms with Crippen molar-refractivity contribution in [3.05, 3.63) is 47.3 Å². The second-order valence-electron chi connectivity index (χ2n) is 5.57. The number of carbonyl (C=O) groups excluding carboxylic acids is 1. The molecule has 2 aromatic rings. The first-order valence-corrected chi connectivity index (χ1v) is 7.12. The molecule has 3 nitrogen and oxygen atoms in total. The maximum absolute atomic E-state index is 12.0. The first-order chi connectivity index (χ1) is 9.75. The number of amides is 1. The molecule has 2 aliphatic heterocycles. The lowest BCUT2D eigenvalue weighted by Crippen LogP contribution is -2.32. The molecule has 4 rings (SSSR count). The molecule has 0 bridgehead atoms. The minimum absolute atomic E-state index is 0.282. The lowest BCUT2D eigenvalue weighted by molar-refractivity contribution is -0.118. The Morgan fingerprint density at radius 3 is 2.95 bits per heavy atom. The fraction of sp³-hybridized carbons (Fsp3) is 0.294. The summed E-state index contributed by atoms with van der Waals surface area (Å²) in [7, 11) is 0. The Bertz CT molecular complexity index is 707. The van der Waals surface area contributed by atoms with E-state index in [9.17, 15) is 4.79 Å². The number of hydrogen-bond acceptors (Lipinski definition) is 2. The summed E-state index contributed by atoms with van der Waals surface area (Å²) in [5.74, 6) is 0.282. The highest BCUT2D eigenvalue weighted by molar-refractivity contribution is 5.99. The molecule has 0 saturated heterocycles. The molecule has 2 aliphatic rings. The predicted molar refractivity (Wildman–Crippen MR) is 78.8 cm³/mol. The number of aryl methyl sites for hydroxylation is 1. The van der Waals surface area contributed by atoms with Gasteiger partial charge < -0.3 is 4.90 Å². The summed E-state index contributed by atoms with van der Waals surface area (Å²) in [6.07, 6.45) is 6.21. The van der Waals surface area contributed by atoms with Gasteiger partial charge in [-0.15, -0.1) is 0 Å². The van der Waals surface area contributed by atoms with Crippen molar-refractivity contribution in [2.45, 2.75) is 26.2 Å². The maximum Gasteiger partial charge on any atom is 0.227 e. The van der Waals surface area contributed by atoms with Crippen molar-refractivity contribution in [2.75, 3.05) is 11.4 Å². The van der Waals surface area contributed by atoms with Gasteiger partial charge >= 0.3 is 0 Å². The van der Waals surface area contributed by atoms with Crippen LogP contribution in [0.25, 0.3) is 11.1 Å². The Morgan fingerprint density at radius 2 is 2.15 bits per heavy atom. The van der Waals surface area contributed by atoms with Gasteiger partial charge in [-0.25, -0.2) is 0 Å². The van der Waals surface area contributed by atoms with Crippen LogP contribution >= 0.6 is 0 Å². The Balaban J connectivity index is 1.95. The van der Waals surface area contributed by atoms with E-state index in [1.54, 1.807) is 6.20 Å². The second-order valence-corrected chi connectivity index (χ2v) is 5.57. The SMILES string of the molecule is Cc1c(-c2cccnc2)cc2c3c1CCN3C(=O)CC2. The minimum atomic E-state index is 0.282. The molecule has 0 unspecified atom stereocenters. The van der Waals surface area contributed by atoms with Gasteiger partial charge in [0, 0.05) is 30.9 Å². The zero-order valence-electron chi connectivity index (χ0n) is 11.5. The van der Waals surface area contributed by atoms with Gasteiger partial charge in [-0.3, -0.25) is 9.78 Å². The molecule has 0 spiro atoms. The molecule has 0 fully saturated rings. The summed E-state index contributed by atoms with van der Waals surface area (Å²) in [5, 5.41) is 0. The average molecular weight is 264 g/mol. The summed E-state index contributed by atoms with van der Waals surface area (Å²) >= 11 is 0. The molecule has 1 aromatic heterocycles. The molecule has 1 amide bonds. The third-order valence-electron chi connectivity index (χ3n) is 4.50. The van der Waals surface area contributed by atoms with Crippen molar-refractivity contribution in [3.63, 3.8) is 0 Å². The molecule has 1 aromatic carbocycles. The van der Waals surface area contributed by atoms with Crippen LogP contribution in [0.3, 0.4) is 0 Å². The molecule has 0 atom stereocenters. The van der Waals surface area contributed by atoms with Crippen LogP contribution in [-0.2, 0) is 17.6 Å². The van der Waals surface area contributed by atoms with E-state index in [2.05, 4.69) is 24.0 Å². The van der Waals surface area contributed by atoms with E-state index in [1.807, 2.05) is 17.2 Å². The van der Waals surface area contributed by atoms with Crippen molar-refractivity contribution >= 4 is 11.6 Å². The Labute approximate surface area is 118 Å². The van der Waals surface area contributed by atoms with Gasteiger partial charge in [0.05, 0.1) is 5.69 Å². The topological polar surface area (TPSA) is 33.2 Å². The highest BCUT2D eigenvalue weighted by atomic mass is 16.2. The lowest BCUT2D eigenvalue weighted by atomic mass is 9.90. The highest BCUT2D eigenvalue weighted by Crippen LogP contribution is 2.42. The van der Waals surface area contributed by atoms with Gasteiger partial charge in [-0.2, -0.15) is 0 Å². The summed E-state index contributed by atoms with van der Waals surface area (Å²) in [6, 6.07) is 6.34. The standard InChI is InChI=1S/C17H16N2O/c1-11-14-6-8-19-16(20)5-4-12(17(14)19)9-15(11)13-3-2-7-18-10-13/h2-3,7,9-10H,4-6,8H2,1H3. The highest BCUT2D eigenvalue weighted by Gasteiger charge is 2.32. The van der Waals surface area contributed by atoms with Crippen LogP contribution in [0.4, 0.5) is 5.69 Å². The van der Waals surface area contributed by atoms with Gasteiger partial charge in [0.15, 0.2) is 0 Å². The van der Waals surface area contributed by atoms with Crippen molar-refractivity contribution in [1.29, 1.82) is 0 Å². The van der Waals surface area contributed by atoms with E-state index >= 15 is 0 Å². The van der Waals surface area contributed by atoms with Crippen molar-refractivity contribution in [2.24, 2.45) is 0 Å². The molecule has 0 aliphatic carbocycles. The third kappa shape index (κ3) is 1.52. The van der Waals surface area contributed by atoms with Crippen LogP contribution in [0, 0.1) is 6.92 Å². The third-order valence-corrected chi connectivity index (χ3v) is 4.50. The van der Waals surface area contributed by atoms with Gasteiger partial charge in [0.1, 0.15) is 0 Å². The fourth-order valence-electron chi connectivity index (χ4n) is 3.50. The summed E-state index contributed by atoms with van der Waals surface area (Å²) in [4.78, 5) is 18.2. The largest absolute Gasteiger partial charge is 0.312 e. The summed E-state index contributed by atoms with van der Waals surface area (Å²) < 4.78 is 0. The number of pyridine rings is 1. The Morgan fingerprint density at radius 1 is 1.25 bits per heavy atom. The molecule has 100 valence electrons. The normalized spacial score (nSPS) is 16.4. The number of hydrogen-bond donors (Lipinski definition) is 0. The van der Waals surface area contributed by atoms with E-state index in [-0.39, 0.29) is 5.91 Å². The minimum Gasteiger partial charge on any atom is -0.312 e. The number of benzene rings is 1. The molecular formula is C17H16N2O. The first kappa shape index (κ1) is 11.6. The Hall–Kier alpha value is -2.16. The van der Waals surface area contributed by atoms with Gasteiger partial charge in [-0.1, -0.05) is 6.07 Å². The predicted octanol–water partition coefficient (Wildman–Crippen LogP) is 2.89. The van der Waals surface area contributed by atoms with Crippen LogP contribution in [0.5, 0.6) is 0 Å². The number of nitrogens with zero attached hydrogens (tertiary/aromatic N) is 2. The fourth-order valence-corrected chi connectivity index (χ4v) is 3.50. The van der Waals surface area contributed by atoms with Crippen LogP contribution in [0.15, 0.2) is 30.6 Å². The smallest absolute Gasteiger partial charge is 0.227 e. The van der Waals surface area contributed by atoms with Crippen molar-refractivity contribution < 1.29 is 4.79 Å². The molecular weight excluding hydrogens is 248 g/mol. The quantitative estimate of drug-likeness (QED) is 0.793.